The minimum Gasteiger partial charge on any atom is -0.393 e. The van der Waals surface area contributed by atoms with Gasteiger partial charge in [0.25, 0.3) is 20.9 Å². The van der Waals surface area contributed by atoms with E-state index in [-0.39, 0.29) is 54.5 Å². The van der Waals surface area contributed by atoms with Gasteiger partial charge in [-0.15, -0.1) is 0 Å². The maximum absolute atomic E-state index is 14.2. The van der Waals surface area contributed by atoms with Gasteiger partial charge in [0.1, 0.15) is 21.4 Å². The zero-order valence-corrected chi connectivity index (χ0v) is 31.9. The van der Waals surface area contributed by atoms with Gasteiger partial charge in [0, 0.05) is 58.4 Å². The average molecular weight is 865 g/mol. The summed E-state index contributed by atoms with van der Waals surface area (Å²) < 4.78 is 128. The Morgan fingerprint density at radius 1 is 0.596 bits per heavy atom. The van der Waals surface area contributed by atoms with E-state index in [1.54, 1.807) is 0 Å². The van der Waals surface area contributed by atoms with Crippen LogP contribution in [0.3, 0.4) is 0 Å². The van der Waals surface area contributed by atoms with Crippen LogP contribution >= 0.6 is 10.7 Å². The second-order valence-electron chi connectivity index (χ2n) is 12.5. The van der Waals surface area contributed by atoms with Gasteiger partial charge in [-0.05, 0) is 99.4 Å². The lowest BCUT2D eigenvalue weighted by molar-refractivity contribution is 0.101. The zero-order valence-electron chi connectivity index (χ0n) is 29.5. The molecule has 0 unspecified atom stereocenters. The summed E-state index contributed by atoms with van der Waals surface area (Å²) in [6.07, 6.45) is 1.69. The molecule has 2 heterocycles. The number of aliphatic hydroxyl groups is 2. The molecule has 5 N–H and O–H groups in total. The molecular weight excluding hydrogens is 830 g/mol. The van der Waals surface area contributed by atoms with Gasteiger partial charge in [0.15, 0.2) is 23.3 Å². The van der Waals surface area contributed by atoms with Crippen molar-refractivity contribution in [2.45, 2.75) is 47.7 Å². The zero-order chi connectivity index (χ0) is 42.1. The molecule has 4 aromatic carbocycles. The summed E-state index contributed by atoms with van der Waals surface area (Å²) in [4.78, 5) is 22.7. The third kappa shape index (κ3) is 12.7. The minimum absolute atomic E-state index is 0.0266. The number of aliphatic hydroxyl groups excluding tert-OH is 2. The predicted octanol–water partition coefficient (Wildman–Crippen LogP) is 5.52. The number of halogens is 7. The van der Waals surface area contributed by atoms with Crippen molar-refractivity contribution < 1.29 is 63.0 Å². The summed E-state index contributed by atoms with van der Waals surface area (Å²) in [6, 6.07) is 10.8. The number of benzene rings is 4. The van der Waals surface area contributed by atoms with Gasteiger partial charge in [-0.1, -0.05) is 0 Å². The monoisotopic (exact) mass is 864 g/mol. The Kier molecular flexibility index (Phi) is 15.6. The molecule has 2 saturated heterocycles. The van der Waals surface area contributed by atoms with Gasteiger partial charge in [-0.2, -0.15) is 4.31 Å². The van der Waals surface area contributed by atoms with Crippen LogP contribution in [0, 0.1) is 34.9 Å². The molecule has 2 aliphatic rings. The fourth-order valence-electron chi connectivity index (χ4n) is 5.26. The summed E-state index contributed by atoms with van der Waals surface area (Å²) in [5.41, 5.74) is -0.474. The van der Waals surface area contributed by atoms with Gasteiger partial charge < -0.3 is 26.2 Å². The summed E-state index contributed by atoms with van der Waals surface area (Å²) in [5, 5.41) is 26.1. The molecule has 0 radical (unpaired) electrons. The number of hydrogen-bond donors (Lipinski definition) is 5. The lowest BCUT2D eigenvalue weighted by Gasteiger charge is -2.28. The first-order chi connectivity index (χ1) is 26.8. The Morgan fingerprint density at radius 2 is 1.00 bits per heavy atom. The van der Waals surface area contributed by atoms with Crippen LogP contribution in [0.1, 0.15) is 46.4 Å². The molecule has 2 amide bonds. The van der Waals surface area contributed by atoms with Crippen LogP contribution in [0.2, 0.25) is 0 Å². The molecule has 0 bridgehead atoms. The first-order valence-corrected chi connectivity index (χ1v) is 20.6. The van der Waals surface area contributed by atoms with Gasteiger partial charge in [0.2, 0.25) is 10.0 Å². The molecule has 0 aromatic heterocycles. The van der Waals surface area contributed by atoms with Gasteiger partial charge >= 0.3 is 0 Å². The number of piperidine rings is 2. The molecule has 0 aliphatic carbocycles. The van der Waals surface area contributed by atoms with E-state index in [1.165, 1.54) is 0 Å². The van der Waals surface area contributed by atoms with E-state index in [4.69, 9.17) is 15.8 Å². The van der Waals surface area contributed by atoms with Crippen LogP contribution in [-0.2, 0) is 19.1 Å². The predicted molar refractivity (Wildman–Crippen MR) is 197 cm³/mol. The molecule has 2 fully saturated rings. The van der Waals surface area contributed by atoms with Crippen molar-refractivity contribution in [3.8, 4) is 0 Å². The van der Waals surface area contributed by atoms with Crippen molar-refractivity contribution in [2.75, 3.05) is 36.8 Å². The average Bonchev–Trinajstić information content (AvgIpc) is 3.15. The Morgan fingerprint density at radius 3 is 1.40 bits per heavy atom. The molecule has 0 saturated carbocycles. The van der Waals surface area contributed by atoms with Crippen molar-refractivity contribution in [3.05, 3.63) is 119 Å². The van der Waals surface area contributed by atoms with Crippen LogP contribution in [0.15, 0.2) is 82.6 Å². The van der Waals surface area contributed by atoms with Crippen LogP contribution in [-0.4, -0.2) is 81.6 Å². The fraction of sp³-hybridized carbons (Fsp3) is 0.278. The number of carbonyl (C=O) groups is 2. The van der Waals surface area contributed by atoms with Gasteiger partial charge in [-0.25, -0.2) is 43.2 Å². The number of anilines is 2. The summed E-state index contributed by atoms with van der Waals surface area (Å²) in [7, 11) is -3.52. The molecule has 6 rings (SSSR count). The largest absolute Gasteiger partial charge is 0.393 e. The van der Waals surface area contributed by atoms with E-state index in [9.17, 15) is 57.9 Å². The van der Waals surface area contributed by atoms with E-state index >= 15 is 0 Å². The standard InChI is InChI=1S/C18H17F3N2O4S.C13H7ClF3NO3S.C5H11NO/c19-14-4-2-12(10-16(14)21)22-18(25)11-1-3-15(20)17(9-11)28(26,27)23-7-5-13(24)6-8-23;14-22(20,21)12-5-7(1-3-10(12)16)13(19)18-8-2-4-9(15)11(17)6-8;7-5-1-3-6-4-2-5/h1-4,9-10,13,24H,5-8H2,(H,22,25);1-6H,(H,18,19);5-7H,1-4H2. The van der Waals surface area contributed by atoms with E-state index in [2.05, 4.69) is 16.0 Å². The van der Waals surface area contributed by atoms with Gasteiger partial charge in [0.05, 0.1) is 12.2 Å². The van der Waals surface area contributed by atoms with Crippen LogP contribution in [0.4, 0.5) is 37.7 Å². The summed E-state index contributed by atoms with van der Waals surface area (Å²) in [6.45, 7) is 2.05. The Bertz CT molecular complexity index is 2310. The molecule has 4 aromatic rings. The first kappa shape index (κ1) is 45.1. The molecule has 12 nitrogen and oxygen atoms in total. The highest BCUT2D eigenvalue weighted by atomic mass is 35.7. The molecule has 308 valence electrons. The normalized spacial score (nSPS) is 15.4. The van der Waals surface area contributed by atoms with Crippen LogP contribution in [0.25, 0.3) is 0 Å². The summed E-state index contributed by atoms with van der Waals surface area (Å²) in [5.74, 6) is -8.28. The first-order valence-electron chi connectivity index (χ1n) is 16.9. The number of carbonyl (C=O) groups excluding carboxylic acids is 2. The minimum atomic E-state index is -4.37. The van der Waals surface area contributed by atoms with Crippen LogP contribution in [0.5, 0.6) is 0 Å². The highest BCUT2D eigenvalue weighted by Gasteiger charge is 2.31. The maximum Gasteiger partial charge on any atom is 0.264 e. The molecule has 0 spiro atoms. The highest BCUT2D eigenvalue weighted by molar-refractivity contribution is 8.13. The Labute approximate surface area is 327 Å². The van der Waals surface area contributed by atoms with E-state index in [0.29, 0.717) is 0 Å². The maximum atomic E-state index is 14.2. The fourth-order valence-corrected chi connectivity index (χ4v) is 7.74. The van der Waals surface area contributed by atoms with Crippen molar-refractivity contribution >= 4 is 52.9 Å². The van der Waals surface area contributed by atoms with Crippen LogP contribution < -0.4 is 16.0 Å². The third-order valence-electron chi connectivity index (χ3n) is 8.35. The molecule has 2 aliphatic heterocycles. The smallest absolute Gasteiger partial charge is 0.264 e. The second kappa shape index (κ2) is 19.7. The van der Waals surface area contributed by atoms with Crippen molar-refractivity contribution in [1.29, 1.82) is 0 Å². The number of rotatable bonds is 7. The number of hydrogen-bond acceptors (Lipinski definition) is 9. The number of amides is 2. The Balaban J connectivity index is 0.000000220. The number of nitrogens with one attached hydrogen (secondary N) is 3. The Hall–Kier alpha value is -4.57. The molecule has 0 atom stereocenters. The van der Waals surface area contributed by atoms with Crippen molar-refractivity contribution in [1.82, 2.24) is 9.62 Å². The lowest BCUT2D eigenvalue weighted by atomic mass is 10.1. The number of nitrogens with zero attached hydrogens (tertiary/aromatic N) is 1. The number of sulfonamides is 1. The lowest BCUT2D eigenvalue weighted by Crippen LogP contribution is -2.40. The second-order valence-corrected chi connectivity index (χ2v) is 17.0. The van der Waals surface area contributed by atoms with Gasteiger partial charge in [-0.3, -0.25) is 9.59 Å². The molecular formula is C36H35ClF6N4O8S2. The SMILES string of the molecule is O=C(Nc1ccc(F)c(F)c1)c1ccc(F)c(S(=O)(=O)Cl)c1.O=C(Nc1ccc(F)c(F)c1)c1ccc(F)c(S(=O)(=O)N2CCC(O)CC2)c1.OC1CCNCC1. The highest BCUT2D eigenvalue weighted by Crippen LogP contribution is 2.25. The van der Waals surface area contributed by atoms with E-state index in [0.717, 1.165) is 103 Å². The third-order valence-corrected chi connectivity index (χ3v) is 11.6. The topological polar surface area (TPSA) is 182 Å². The summed E-state index contributed by atoms with van der Waals surface area (Å²) >= 11 is 0. The van der Waals surface area contributed by atoms with E-state index in [1.807, 2.05) is 0 Å². The quantitative estimate of drug-likeness (QED) is 0.118. The van der Waals surface area contributed by atoms with Crippen molar-refractivity contribution in [3.63, 3.8) is 0 Å². The van der Waals surface area contributed by atoms with Crippen molar-refractivity contribution in [2.24, 2.45) is 0 Å². The van der Waals surface area contributed by atoms with E-state index < -0.39 is 81.7 Å². The molecule has 21 heteroatoms. The molecule has 57 heavy (non-hydrogen) atoms.